The molecule has 0 aliphatic carbocycles. The van der Waals surface area contributed by atoms with Crippen LogP contribution in [-0.4, -0.2) is 0 Å². The third-order valence-electron chi connectivity index (χ3n) is 1.38. The lowest BCUT2D eigenvalue weighted by Crippen LogP contribution is -2.06. The summed E-state index contributed by atoms with van der Waals surface area (Å²) in [6.07, 6.45) is 1.90. The fraction of sp³-hybridized carbons (Fsp3) is 0.400. The van der Waals surface area contributed by atoms with Crippen molar-refractivity contribution in [2.45, 2.75) is 20.8 Å². The lowest BCUT2D eigenvalue weighted by molar-refractivity contribution is 0.518. The van der Waals surface area contributed by atoms with Crippen LogP contribution in [0.1, 0.15) is 20.8 Å². The van der Waals surface area contributed by atoms with Crippen LogP contribution in [0.2, 0.25) is 0 Å². The van der Waals surface area contributed by atoms with Gasteiger partial charge in [0.25, 0.3) is 0 Å². The number of hydrogen-bond acceptors (Lipinski definition) is 1. The van der Waals surface area contributed by atoms with Crippen molar-refractivity contribution >= 4 is 11.8 Å². The summed E-state index contributed by atoms with van der Waals surface area (Å²) in [6.45, 7) is 13.9. The first-order chi connectivity index (χ1) is 5.02. The van der Waals surface area contributed by atoms with E-state index in [0.717, 1.165) is 0 Å². The van der Waals surface area contributed by atoms with Gasteiger partial charge < -0.3 is 0 Å². The Bertz CT molecular complexity index is 170. The normalized spacial score (nSPS) is 12.8. The van der Waals surface area contributed by atoms with Crippen molar-refractivity contribution in [3.63, 3.8) is 0 Å². The fourth-order valence-corrected chi connectivity index (χ4v) is 1.35. The molecule has 0 aromatic carbocycles. The molecule has 11 heavy (non-hydrogen) atoms. The zero-order valence-corrected chi connectivity index (χ0v) is 8.37. The van der Waals surface area contributed by atoms with E-state index in [2.05, 4.69) is 39.3 Å². The summed E-state index contributed by atoms with van der Waals surface area (Å²) in [5.74, 6) is 0. The molecule has 0 radical (unpaired) electrons. The second kappa shape index (κ2) is 4.45. The number of hydrogen-bond donors (Lipinski definition) is 0. The molecule has 0 N–H and O–H groups in total. The van der Waals surface area contributed by atoms with Gasteiger partial charge in [-0.1, -0.05) is 40.0 Å². The second-order valence-electron chi connectivity index (χ2n) is 3.33. The summed E-state index contributed by atoms with van der Waals surface area (Å²) in [7, 11) is 0. The molecule has 0 saturated carbocycles. The first kappa shape index (κ1) is 10.6. The molecular weight excluding hydrogens is 152 g/mol. The quantitative estimate of drug-likeness (QED) is 0.574. The fourth-order valence-electron chi connectivity index (χ4n) is 0.652. The first-order valence-electron chi connectivity index (χ1n) is 3.62. The Balaban J connectivity index is 4.39. The van der Waals surface area contributed by atoms with Crippen LogP contribution in [0, 0.1) is 5.41 Å². The van der Waals surface area contributed by atoms with E-state index in [0.29, 0.717) is 0 Å². The maximum Gasteiger partial charge on any atom is -0.0127 e. The zero-order valence-electron chi connectivity index (χ0n) is 7.55. The molecule has 0 rings (SSSR count). The predicted molar refractivity (Wildman–Crippen MR) is 55.5 cm³/mol. The highest BCUT2D eigenvalue weighted by molar-refractivity contribution is 8.04. The lowest BCUT2D eigenvalue weighted by atomic mass is 9.88. The lowest BCUT2D eigenvalue weighted by Gasteiger charge is -2.19. The van der Waals surface area contributed by atoms with Crippen molar-refractivity contribution < 1.29 is 0 Å². The monoisotopic (exact) mass is 168 g/mol. The van der Waals surface area contributed by atoms with Crippen molar-refractivity contribution in [1.82, 2.24) is 0 Å². The van der Waals surface area contributed by atoms with Crippen molar-refractivity contribution in [1.29, 1.82) is 0 Å². The molecular formula is C10H16S. The summed E-state index contributed by atoms with van der Waals surface area (Å²) in [5.41, 5.74) is 1.44. The smallest absolute Gasteiger partial charge is 0.0127 e. The van der Waals surface area contributed by atoms with E-state index in [-0.39, 0.29) is 5.41 Å². The second-order valence-corrected chi connectivity index (χ2v) is 4.17. The molecule has 0 spiro atoms. The average Bonchev–Trinajstić information content (AvgIpc) is 1.87. The number of allylic oxidation sites excluding steroid dienone is 2. The van der Waals surface area contributed by atoms with Crippen molar-refractivity contribution in [3.8, 4) is 0 Å². The van der Waals surface area contributed by atoms with Crippen LogP contribution in [0.4, 0.5) is 0 Å². The summed E-state index contributed by atoms with van der Waals surface area (Å²) >= 11 is 1.60. The highest BCUT2D eigenvalue weighted by atomic mass is 32.2. The largest absolute Gasteiger partial charge is 0.106 e. The van der Waals surface area contributed by atoms with E-state index in [1.807, 2.05) is 11.5 Å². The molecule has 0 unspecified atom stereocenters. The van der Waals surface area contributed by atoms with Gasteiger partial charge in [-0.15, -0.1) is 11.8 Å². The van der Waals surface area contributed by atoms with Gasteiger partial charge in [-0.2, -0.15) is 0 Å². The van der Waals surface area contributed by atoms with Crippen LogP contribution in [0.15, 0.2) is 35.6 Å². The molecule has 0 aromatic rings. The van der Waals surface area contributed by atoms with Gasteiger partial charge in [-0.25, -0.2) is 0 Å². The molecule has 0 amide bonds. The molecule has 62 valence electrons. The molecule has 0 heterocycles. The molecule has 0 aromatic heterocycles. The van der Waals surface area contributed by atoms with Gasteiger partial charge in [-0.3, -0.25) is 0 Å². The third kappa shape index (κ3) is 4.10. The molecule has 0 atom stereocenters. The maximum absolute atomic E-state index is 3.76. The van der Waals surface area contributed by atoms with Gasteiger partial charge in [0, 0.05) is 0 Å². The third-order valence-corrected chi connectivity index (χ3v) is 1.96. The highest BCUT2D eigenvalue weighted by Crippen LogP contribution is 2.28. The van der Waals surface area contributed by atoms with E-state index < -0.39 is 0 Å². The topological polar surface area (TPSA) is 0 Å². The SMILES string of the molecule is C=CS/C=C(\C=C)C(C)(C)C. The Kier molecular flexibility index (Phi) is 4.27. The van der Waals surface area contributed by atoms with Crippen molar-refractivity contribution in [2.75, 3.05) is 0 Å². The van der Waals surface area contributed by atoms with Gasteiger partial charge in [-0.05, 0) is 21.8 Å². The minimum absolute atomic E-state index is 0.192. The Labute approximate surface area is 74.1 Å². The van der Waals surface area contributed by atoms with Crippen LogP contribution in [0.5, 0.6) is 0 Å². The van der Waals surface area contributed by atoms with Gasteiger partial charge >= 0.3 is 0 Å². The Hall–Kier alpha value is -0.430. The molecule has 0 aliphatic rings. The molecule has 0 aliphatic heterocycles. The van der Waals surface area contributed by atoms with Gasteiger partial charge in [0.2, 0.25) is 0 Å². The summed E-state index contributed by atoms with van der Waals surface area (Å²) < 4.78 is 0. The Morgan fingerprint density at radius 1 is 1.27 bits per heavy atom. The van der Waals surface area contributed by atoms with Gasteiger partial charge in [0.05, 0.1) is 0 Å². The number of thioether (sulfide) groups is 1. The van der Waals surface area contributed by atoms with Crippen LogP contribution in [0.3, 0.4) is 0 Å². The highest BCUT2D eigenvalue weighted by Gasteiger charge is 2.12. The van der Waals surface area contributed by atoms with E-state index in [9.17, 15) is 0 Å². The zero-order chi connectivity index (χ0) is 8.91. The molecule has 0 fully saturated rings. The Morgan fingerprint density at radius 2 is 1.82 bits per heavy atom. The van der Waals surface area contributed by atoms with E-state index >= 15 is 0 Å². The van der Waals surface area contributed by atoms with Crippen molar-refractivity contribution in [2.24, 2.45) is 5.41 Å². The summed E-state index contributed by atoms with van der Waals surface area (Å²) in [6, 6.07) is 0. The van der Waals surface area contributed by atoms with E-state index in [1.54, 1.807) is 11.8 Å². The first-order valence-corrected chi connectivity index (χ1v) is 4.56. The van der Waals surface area contributed by atoms with Crippen LogP contribution < -0.4 is 0 Å². The summed E-state index contributed by atoms with van der Waals surface area (Å²) in [5, 5.41) is 3.90. The number of rotatable bonds is 3. The van der Waals surface area contributed by atoms with Gasteiger partial charge in [0.1, 0.15) is 0 Å². The standard InChI is InChI=1S/C10H16S/c1-6-9(8-11-7-2)10(3,4)5/h6-8H,1-2H2,3-5H3/b9-8+. The van der Waals surface area contributed by atoms with E-state index in [1.165, 1.54) is 5.57 Å². The molecule has 0 nitrogen and oxygen atoms in total. The van der Waals surface area contributed by atoms with Gasteiger partial charge in [0.15, 0.2) is 0 Å². The van der Waals surface area contributed by atoms with Crippen LogP contribution in [0.25, 0.3) is 0 Å². The molecule has 0 saturated heterocycles. The van der Waals surface area contributed by atoms with Crippen LogP contribution >= 0.6 is 11.8 Å². The Morgan fingerprint density at radius 3 is 2.09 bits per heavy atom. The average molecular weight is 168 g/mol. The van der Waals surface area contributed by atoms with Crippen molar-refractivity contribution in [3.05, 3.63) is 35.6 Å². The van der Waals surface area contributed by atoms with E-state index in [4.69, 9.17) is 0 Å². The summed E-state index contributed by atoms with van der Waals surface area (Å²) in [4.78, 5) is 0. The minimum Gasteiger partial charge on any atom is -0.106 e. The molecule has 0 bridgehead atoms. The molecule has 1 heteroatoms. The predicted octanol–water partition coefficient (Wildman–Crippen LogP) is 3.98. The van der Waals surface area contributed by atoms with Crippen LogP contribution in [-0.2, 0) is 0 Å². The minimum atomic E-state index is 0.192. The maximum atomic E-state index is 3.76.